The molecule has 31 heavy (non-hydrogen) atoms. The normalized spacial score (nSPS) is 15.7. The monoisotopic (exact) mass is 420 g/mol. The molecule has 8 nitrogen and oxygen atoms in total. The lowest BCUT2D eigenvalue weighted by atomic mass is 10.1. The van der Waals surface area contributed by atoms with E-state index in [1.54, 1.807) is 10.5 Å². The van der Waals surface area contributed by atoms with E-state index in [2.05, 4.69) is 15.1 Å². The first kappa shape index (κ1) is 19.4. The van der Waals surface area contributed by atoms with Gasteiger partial charge in [0.1, 0.15) is 35.0 Å². The molecule has 0 amide bonds. The number of hydrogen-bond acceptors (Lipinski definition) is 6. The Morgan fingerprint density at radius 3 is 2.81 bits per heavy atom. The van der Waals surface area contributed by atoms with Crippen molar-refractivity contribution in [2.24, 2.45) is 0 Å². The molecule has 0 spiro atoms. The molecule has 1 saturated carbocycles. The zero-order valence-corrected chi connectivity index (χ0v) is 17.3. The van der Waals surface area contributed by atoms with Crippen molar-refractivity contribution in [2.45, 2.75) is 57.9 Å². The molecule has 5 rings (SSSR count). The van der Waals surface area contributed by atoms with Crippen molar-refractivity contribution < 1.29 is 8.91 Å². The lowest BCUT2D eigenvalue weighted by molar-refractivity contribution is 0.354. The summed E-state index contributed by atoms with van der Waals surface area (Å²) < 4.78 is 23.0. The highest BCUT2D eigenvalue weighted by Gasteiger charge is 2.27. The van der Waals surface area contributed by atoms with Gasteiger partial charge in [-0.15, -0.1) is 0 Å². The molecule has 4 aromatic rings. The Bertz CT molecular complexity index is 1400. The summed E-state index contributed by atoms with van der Waals surface area (Å²) in [5.41, 5.74) is 0.852. The molecule has 0 radical (unpaired) electrons. The Kier molecular flexibility index (Phi) is 4.58. The highest BCUT2D eigenvalue weighted by atomic mass is 19.1. The average Bonchev–Trinajstić information content (AvgIpc) is 3.53. The predicted octanol–water partition coefficient (Wildman–Crippen LogP) is 4.34. The zero-order chi connectivity index (χ0) is 21.7. The highest BCUT2D eigenvalue weighted by Crippen LogP contribution is 2.34. The smallest absolute Gasteiger partial charge is 0.278 e. The average molecular weight is 420 g/mol. The van der Waals surface area contributed by atoms with E-state index in [4.69, 9.17) is 4.52 Å². The minimum absolute atomic E-state index is 0.157. The van der Waals surface area contributed by atoms with Crippen LogP contribution in [0, 0.1) is 17.1 Å². The van der Waals surface area contributed by atoms with Crippen LogP contribution in [-0.2, 0) is 0 Å². The number of nitrogens with zero attached hydrogens (tertiary/aromatic N) is 6. The Morgan fingerprint density at radius 2 is 2.10 bits per heavy atom. The van der Waals surface area contributed by atoms with Crippen molar-refractivity contribution in [3.05, 3.63) is 46.1 Å². The van der Waals surface area contributed by atoms with Crippen molar-refractivity contribution in [2.75, 3.05) is 0 Å². The Balaban J connectivity index is 1.82. The van der Waals surface area contributed by atoms with Gasteiger partial charge in [-0.05, 0) is 38.3 Å². The summed E-state index contributed by atoms with van der Waals surface area (Å²) in [6, 6.07) is 4.45. The van der Waals surface area contributed by atoms with E-state index in [0.717, 1.165) is 25.7 Å². The molecule has 1 aliphatic carbocycles. The first-order valence-corrected chi connectivity index (χ1v) is 10.5. The van der Waals surface area contributed by atoms with Crippen molar-refractivity contribution in [1.29, 1.82) is 5.26 Å². The molecule has 9 heteroatoms. The molecule has 0 aliphatic heterocycles. The summed E-state index contributed by atoms with van der Waals surface area (Å²) in [7, 11) is 0. The van der Waals surface area contributed by atoms with Crippen LogP contribution < -0.4 is 5.56 Å². The van der Waals surface area contributed by atoms with Crippen LogP contribution in [0.2, 0.25) is 0 Å². The van der Waals surface area contributed by atoms with Gasteiger partial charge >= 0.3 is 0 Å². The Hall–Kier alpha value is -3.54. The molecular formula is C22H21FN6O2. The molecule has 0 saturated heterocycles. The molecule has 0 bridgehead atoms. The van der Waals surface area contributed by atoms with Gasteiger partial charge in [-0.2, -0.15) is 10.2 Å². The Labute approximate surface area is 176 Å². The van der Waals surface area contributed by atoms with Crippen molar-refractivity contribution >= 4 is 16.6 Å². The number of rotatable bonds is 4. The molecular weight excluding hydrogens is 399 g/mol. The molecule has 3 heterocycles. The zero-order valence-electron chi connectivity index (χ0n) is 17.3. The second-order valence-corrected chi connectivity index (χ2v) is 8.08. The second kappa shape index (κ2) is 7.30. The van der Waals surface area contributed by atoms with E-state index < -0.39 is 5.82 Å². The number of halogens is 1. The molecule has 1 fully saturated rings. The van der Waals surface area contributed by atoms with Crippen LogP contribution in [0.1, 0.15) is 69.4 Å². The molecule has 0 N–H and O–H groups in total. The van der Waals surface area contributed by atoms with E-state index >= 15 is 0 Å². The van der Waals surface area contributed by atoms with Gasteiger partial charge in [0.05, 0.1) is 11.0 Å². The molecule has 1 aromatic carbocycles. The molecule has 1 aliphatic rings. The van der Waals surface area contributed by atoms with Gasteiger partial charge in [-0.25, -0.2) is 9.37 Å². The summed E-state index contributed by atoms with van der Waals surface area (Å²) >= 11 is 0. The van der Waals surface area contributed by atoms with E-state index in [9.17, 15) is 14.4 Å². The summed E-state index contributed by atoms with van der Waals surface area (Å²) in [6.07, 6.45) is 6.42. The molecule has 158 valence electrons. The minimum Gasteiger partial charge on any atom is -0.339 e. The third-order valence-corrected chi connectivity index (χ3v) is 6.30. The van der Waals surface area contributed by atoms with Gasteiger partial charge in [-0.3, -0.25) is 9.20 Å². The molecule has 3 aromatic heterocycles. The van der Waals surface area contributed by atoms with Crippen molar-refractivity contribution in [3.63, 3.8) is 0 Å². The first-order valence-electron chi connectivity index (χ1n) is 10.5. The maximum absolute atomic E-state index is 14.4. The lowest BCUT2D eigenvalue weighted by Gasteiger charge is -2.18. The van der Waals surface area contributed by atoms with Crippen LogP contribution in [0.15, 0.2) is 27.8 Å². The summed E-state index contributed by atoms with van der Waals surface area (Å²) in [4.78, 5) is 22.6. The van der Waals surface area contributed by atoms with E-state index in [1.165, 1.54) is 17.0 Å². The maximum Gasteiger partial charge on any atom is 0.278 e. The topological polar surface area (TPSA) is 102 Å². The summed E-state index contributed by atoms with van der Waals surface area (Å²) in [5.74, 6) is 0.420. The van der Waals surface area contributed by atoms with Gasteiger partial charge in [-0.1, -0.05) is 24.9 Å². The predicted molar refractivity (Wildman–Crippen MR) is 111 cm³/mol. The van der Waals surface area contributed by atoms with Gasteiger partial charge < -0.3 is 9.09 Å². The van der Waals surface area contributed by atoms with E-state index in [0.29, 0.717) is 23.5 Å². The lowest BCUT2D eigenvalue weighted by Crippen LogP contribution is -2.26. The largest absolute Gasteiger partial charge is 0.339 e. The van der Waals surface area contributed by atoms with Crippen LogP contribution in [0.3, 0.4) is 0 Å². The van der Waals surface area contributed by atoms with Crippen LogP contribution in [0.25, 0.3) is 28.1 Å². The highest BCUT2D eigenvalue weighted by molar-refractivity contribution is 5.87. The van der Waals surface area contributed by atoms with Gasteiger partial charge in [0.15, 0.2) is 0 Å². The number of aromatic nitrogens is 5. The standard InChI is InChI=1S/C22H21FN6O2/c1-3-12(2)29-18-14(10-24)15(23)8-9-16(18)28-11-25-17(19(28)22(29)30)20-26-21(31-27-20)13-6-4-5-7-13/h8-9,11-13H,3-7H2,1-2H3. The third-order valence-electron chi connectivity index (χ3n) is 6.30. The number of fused-ring (bicyclic) bond motifs is 3. The van der Waals surface area contributed by atoms with E-state index in [-0.39, 0.29) is 39.9 Å². The fourth-order valence-electron chi connectivity index (χ4n) is 4.49. The minimum atomic E-state index is -0.662. The maximum atomic E-state index is 14.4. The van der Waals surface area contributed by atoms with Crippen molar-refractivity contribution in [1.82, 2.24) is 24.1 Å². The van der Waals surface area contributed by atoms with Crippen molar-refractivity contribution in [3.8, 4) is 17.6 Å². The third kappa shape index (κ3) is 2.86. The number of nitriles is 1. The number of imidazole rings is 1. The quantitative estimate of drug-likeness (QED) is 0.487. The SMILES string of the molecule is CCC(C)n1c(=O)c2c(-c3noc(C4CCCC4)n3)ncn2c2ccc(F)c(C#N)c21. The molecule has 1 atom stereocenters. The summed E-state index contributed by atoms with van der Waals surface area (Å²) in [6.45, 7) is 3.80. The number of hydrogen-bond donors (Lipinski definition) is 0. The van der Waals surface area contributed by atoms with E-state index in [1.807, 2.05) is 19.9 Å². The molecule has 1 unspecified atom stereocenters. The van der Waals surface area contributed by atoms with Crippen LogP contribution in [0.5, 0.6) is 0 Å². The van der Waals surface area contributed by atoms with Crippen LogP contribution in [-0.4, -0.2) is 24.1 Å². The van der Waals surface area contributed by atoms with Gasteiger partial charge in [0, 0.05) is 12.0 Å². The van der Waals surface area contributed by atoms with Gasteiger partial charge in [0.2, 0.25) is 11.7 Å². The first-order chi connectivity index (χ1) is 15.0. The van der Waals surface area contributed by atoms with Crippen LogP contribution in [0.4, 0.5) is 4.39 Å². The fourth-order valence-corrected chi connectivity index (χ4v) is 4.49. The summed E-state index contributed by atoms with van der Waals surface area (Å²) in [5, 5.41) is 13.7. The Morgan fingerprint density at radius 1 is 1.32 bits per heavy atom. The number of benzene rings is 1. The van der Waals surface area contributed by atoms with Crippen LogP contribution >= 0.6 is 0 Å². The fraction of sp³-hybridized carbons (Fsp3) is 0.409. The van der Waals surface area contributed by atoms with Gasteiger partial charge in [0.25, 0.3) is 5.56 Å². The second-order valence-electron chi connectivity index (χ2n) is 8.08.